The van der Waals surface area contributed by atoms with Gasteiger partial charge in [-0.15, -0.1) is 0 Å². The fourth-order valence-electron chi connectivity index (χ4n) is 3.39. The van der Waals surface area contributed by atoms with Crippen molar-refractivity contribution in [1.29, 1.82) is 0 Å². The molecule has 0 fully saturated rings. The summed E-state index contributed by atoms with van der Waals surface area (Å²) in [5.74, 6) is -0.896. The van der Waals surface area contributed by atoms with E-state index in [0.717, 1.165) is 4.90 Å². The van der Waals surface area contributed by atoms with Crippen LogP contribution in [0.2, 0.25) is 0 Å². The second-order valence-electron chi connectivity index (χ2n) is 6.52. The van der Waals surface area contributed by atoms with E-state index in [9.17, 15) is 18.8 Å². The molecule has 2 amide bonds. The molecule has 7 nitrogen and oxygen atoms in total. The number of carbonyl (C=O) groups is 2. The Balaban J connectivity index is 1.60. The molecule has 0 spiro atoms. The van der Waals surface area contributed by atoms with Crippen LogP contribution in [0.3, 0.4) is 0 Å². The Bertz CT molecular complexity index is 1160. The van der Waals surface area contributed by atoms with Crippen LogP contribution in [0.15, 0.2) is 59.4 Å². The number of carbonyl (C=O) groups excluding carboxylic acids is 2. The number of aryl methyl sites for hydroxylation is 1. The molecule has 0 unspecified atom stereocenters. The molecule has 2 aromatic heterocycles. The Kier molecular flexibility index (Phi) is 4.38. The first-order valence-corrected chi connectivity index (χ1v) is 8.83. The van der Waals surface area contributed by atoms with Gasteiger partial charge in [-0.25, -0.2) is 4.39 Å². The molecule has 0 radical (unpaired) electrons. The molecule has 142 valence electrons. The van der Waals surface area contributed by atoms with E-state index < -0.39 is 11.8 Å². The number of hydrogen-bond acceptors (Lipinski definition) is 4. The van der Waals surface area contributed by atoms with Gasteiger partial charge in [0.25, 0.3) is 17.4 Å². The van der Waals surface area contributed by atoms with E-state index in [0.29, 0.717) is 34.9 Å². The van der Waals surface area contributed by atoms with Crippen LogP contribution in [0.5, 0.6) is 0 Å². The maximum Gasteiger partial charge on any atom is 0.261 e. The van der Waals surface area contributed by atoms with Crippen molar-refractivity contribution in [1.82, 2.24) is 19.2 Å². The van der Waals surface area contributed by atoms with E-state index in [4.69, 9.17) is 0 Å². The lowest BCUT2D eigenvalue weighted by atomic mass is 10.1. The van der Waals surface area contributed by atoms with E-state index in [2.05, 4.69) is 5.10 Å². The van der Waals surface area contributed by atoms with Gasteiger partial charge in [0, 0.05) is 12.7 Å². The summed E-state index contributed by atoms with van der Waals surface area (Å²) < 4.78 is 16.6. The van der Waals surface area contributed by atoms with Crippen LogP contribution in [0, 0.1) is 0 Å². The topological polar surface area (TPSA) is 77.2 Å². The maximum absolute atomic E-state index is 13.6. The van der Waals surface area contributed by atoms with Crippen molar-refractivity contribution in [3.8, 4) is 0 Å². The van der Waals surface area contributed by atoms with Crippen molar-refractivity contribution in [3.63, 3.8) is 0 Å². The van der Waals surface area contributed by atoms with Crippen molar-refractivity contribution in [2.24, 2.45) is 0 Å². The Morgan fingerprint density at radius 1 is 1.07 bits per heavy atom. The zero-order chi connectivity index (χ0) is 19.8. The van der Waals surface area contributed by atoms with Gasteiger partial charge in [-0.2, -0.15) is 5.10 Å². The molecule has 28 heavy (non-hydrogen) atoms. The van der Waals surface area contributed by atoms with Crippen LogP contribution in [-0.2, 0) is 13.1 Å². The van der Waals surface area contributed by atoms with Gasteiger partial charge in [-0.05, 0) is 30.7 Å². The molecule has 0 saturated carbocycles. The standard InChI is InChI=1S/C20H17FN4O3/c1-2-23-8-7-17-16(18(23)26)10-22-25(17)12-13(9-21)11-24-19(27)14-5-3-4-6-15(14)20(24)28/h3-10H,2,11-12H2,1H3. The van der Waals surface area contributed by atoms with Crippen LogP contribution in [0.4, 0.5) is 4.39 Å². The van der Waals surface area contributed by atoms with Gasteiger partial charge in [-0.1, -0.05) is 12.1 Å². The Morgan fingerprint density at radius 2 is 1.75 bits per heavy atom. The summed E-state index contributed by atoms with van der Waals surface area (Å²) in [7, 11) is 0. The van der Waals surface area contributed by atoms with Gasteiger partial charge in [0.1, 0.15) is 0 Å². The zero-order valence-corrected chi connectivity index (χ0v) is 15.1. The summed E-state index contributed by atoms with van der Waals surface area (Å²) in [6.07, 6.45) is 3.48. The van der Waals surface area contributed by atoms with Gasteiger partial charge < -0.3 is 4.57 Å². The normalized spacial score (nSPS) is 14.2. The van der Waals surface area contributed by atoms with Crippen molar-refractivity contribution < 1.29 is 14.0 Å². The minimum absolute atomic E-state index is 0.0168. The lowest BCUT2D eigenvalue weighted by Gasteiger charge is -2.16. The molecule has 8 heteroatoms. The van der Waals surface area contributed by atoms with E-state index >= 15 is 0 Å². The highest BCUT2D eigenvalue weighted by atomic mass is 19.1. The van der Waals surface area contributed by atoms with Crippen molar-refractivity contribution in [2.75, 3.05) is 6.54 Å². The number of pyridine rings is 1. The lowest BCUT2D eigenvalue weighted by Crippen LogP contribution is -2.32. The highest BCUT2D eigenvalue weighted by Gasteiger charge is 2.35. The third kappa shape index (κ3) is 2.74. The molecule has 0 N–H and O–H groups in total. The SMILES string of the molecule is CCn1ccc2c(cnn2CC(=CF)CN2C(=O)c3ccccc3C2=O)c1=O. The molecule has 1 aliphatic rings. The second kappa shape index (κ2) is 6.88. The highest BCUT2D eigenvalue weighted by Crippen LogP contribution is 2.24. The molecular formula is C20H17FN4O3. The first-order chi connectivity index (χ1) is 13.5. The van der Waals surface area contributed by atoms with Crippen molar-refractivity contribution in [3.05, 3.63) is 76.1 Å². The van der Waals surface area contributed by atoms with E-state index in [-0.39, 0.29) is 24.2 Å². The van der Waals surface area contributed by atoms with Crippen LogP contribution < -0.4 is 5.56 Å². The number of rotatable bonds is 5. The first kappa shape index (κ1) is 17.8. The number of aromatic nitrogens is 3. The smallest absolute Gasteiger partial charge is 0.261 e. The highest BCUT2D eigenvalue weighted by molar-refractivity contribution is 6.21. The van der Waals surface area contributed by atoms with Crippen LogP contribution in [0.25, 0.3) is 10.9 Å². The van der Waals surface area contributed by atoms with E-state index in [1.807, 2.05) is 6.92 Å². The van der Waals surface area contributed by atoms with E-state index in [1.54, 1.807) is 41.1 Å². The summed E-state index contributed by atoms with van der Waals surface area (Å²) in [4.78, 5) is 38.3. The Hall–Kier alpha value is -3.55. The maximum atomic E-state index is 13.6. The summed E-state index contributed by atoms with van der Waals surface area (Å²) in [5.41, 5.74) is 1.22. The van der Waals surface area contributed by atoms with E-state index in [1.165, 1.54) is 10.9 Å². The van der Waals surface area contributed by atoms with Gasteiger partial charge in [-0.3, -0.25) is 24.0 Å². The number of hydrogen-bond donors (Lipinski definition) is 0. The number of fused-ring (bicyclic) bond motifs is 2. The number of nitrogens with zero attached hydrogens (tertiary/aromatic N) is 4. The van der Waals surface area contributed by atoms with Gasteiger partial charge in [0.15, 0.2) is 0 Å². The van der Waals surface area contributed by atoms with Crippen LogP contribution in [-0.4, -0.2) is 37.6 Å². The number of imide groups is 1. The Morgan fingerprint density at radius 3 is 2.36 bits per heavy atom. The fraction of sp³-hybridized carbons (Fsp3) is 0.200. The van der Waals surface area contributed by atoms with Gasteiger partial charge in [0.05, 0.1) is 47.6 Å². The fourth-order valence-corrected chi connectivity index (χ4v) is 3.39. The predicted molar refractivity (Wildman–Crippen MR) is 101 cm³/mol. The average molecular weight is 380 g/mol. The van der Waals surface area contributed by atoms with Gasteiger partial charge >= 0.3 is 0 Å². The minimum atomic E-state index is -0.448. The van der Waals surface area contributed by atoms with Crippen LogP contribution in [0.1, 0.15) is 27.6 Å². The summed E-state index contributed by atoms with van der Waals surface area (Å²) >= 11 is 0. The molecule has 0 saturated heterocycles. The lowest BCUT2D eigenvalue weighted by molar-refractivity contribution is 0.0666. The third-order valence-corrected chi connectivity index (χ3v) is 4.87. The average Bonchev–Trinajstić information content (AvgIpc) is 3.23. The summed E-state index contributed by atoms with van der Waals surface area (Å²) in [5, 5.41) is 4.61. The molecule has 0 aliphatic carbocycles. The van der Waals surface area contributed by atoms with Crippen LogP contribution >= 0.6 is 0 Å². The minimum Gasteiger partial charge on any atom is -0.315 e. The third-order valence-electron chi connectivity index (χ3n) is 4.87. The number of benzene rings is 1. The quantitative estimate of drug-likeness (QED) is 0.637. The summed E-state index contributed by atoms with van der Waals surface area (Å²) in [6, 6.07) is 8.25. The molecule has 1 aliphatic heterocycles. The summed E-state index contributed by atoms with van der Waals surface area (Å²) in [6.45, 7) is 2.23. The molecule has 1 aromatic carbocycles. The monoisotopic (exact) mass is 380 g/mol. The Labute approximate surface area is 159 Å². The molecule has 3 aromatic rings. The van der Waals surface area contributed by atoms with Crippen molar-refractivity contribution >= 4 is 22.7 Å². The second-order valence-corrected chi connectivity index (χ2v) is 6.52. The molecule has 3 heterocycles. The molecule has 0 bridgehead atoms. The number of amides is 2. The number of halogens is 1. The first-order valence-electron chi connectivity index (χ1n) is 8.83. The molecular weight excluding hydrogens is 363 g/mol. The predicted octanol–water partition coefficient (Wildman–Crippen LogP) is 2.37. The van der Waals surface area contributed by atoms with Crippen molar-refractivity contribution in [2.45, 2.75) is 20.0 Å². The molecule has 4 rings (SSSR count). The van der Waals surface area contributed by atoms with Gasteiger partial charge in [0.2, 0.25) is 0 Å². The molecule has 0 atom stereocenters. The largest absolute Gasteiger partial charge is 0.315 e. The zero-order valence-electron chi connectivity index (χ0n) is 15.1.